The number of ether oxygens (including phenoxy) is 1. The summed E-state index contributed by atoms with van der Waals surface area (Å²) in [4.78, 5) is 42.4. The Bertz CT molecular complexity index is 961. The lowest BCUT2D eigenvalue weighted by Gasteiger charge is -2.45. The topological polar surface area (TPSA) is 125 Å². The Balaban J connectivity index is 1.67. The number of rotatable bonds is 11. The third-order valence-corrected chi connectivity index (χ3v) is 11.7. The van der Waals surface area contributed by atoms with Gasteiger partial charge in [0.2, 0.25) is 0 Å². The third-order valence-electron chi connectivity index (χ3n) is 8.38. The molecule has 0 bridgehead atoms. The molecule has 3 rings (SSSR count). The molecule has 12 heteroatoms. The summed E-state index contributed by atoms with van der Waals surface area (Å²) in [5.74, 6) is -0.515. The number of imide groups is 1. The van der Waals surface area contributed by atoms with Gasteiger partial charge < -0.3 is 20.3 Å². The monoisotopic (exact) mass is 572 g/mol. The molecule has 1 saturated carbocycles. The maximum atomic E-state index is 13.7. The van der Waals surface area contributed by atoms with Crippen molar-refractivity contribution in [2.45, 2.75) is 102 Å². The zero-order valence-electron chi connectivity index (χ0n) is 23.9. The lowest BCUT2D eigenvalue weighted by atomic mass is 9.73. The van der Waals surface area contributed by atoms with Gasteiger partial charge in [0.15, 0.2) is 9.84 Å². The van der Waals surface area contributed by atoms with E-state index in [1.165, 1.54) is 4.90 Å². The highest BCUT2D eigenvalue weighted by atomic mass is 32.2. The van der Waals surface area contributed by atoms with Crippen molar-refractivity contribution < 1.29 is 27.5 Å². The van der Waals surface area contributed by atoms with Crippen molar-refractivity contribution in [3.63, 3.8) is 0 Å². The maximum absolute atomic E-state index is 13.7. The largest absolute Gasteiger partial charge is 0.361 e. The molecular weight excluding hydrogens is 524 g/mol. The van der Waals surface area contributed by atoms with Gasteiger partial charge in [0.05, 0.1) is 11.5 Å². The van der Waals surface area contributed by atoms with Crippen LogP contribution in [0.4, 0.5) is 9.59 Å². The normalized spacial score (nSPS) is 27.1. The van der Waals surface area contributed by atoms with Gasteiger partial charge in [-0.1, -0.05) is 39.9 Å². The van der Waals surface area contributed by atoms with Crippen molar-refractivity contribution in [2.24, 2.45) is 5.41 Å². The second-order valence-electron chi connectivity index (χ2n) is 13.0. The Hall–Kier alpha value is -1.66. The van der Waals surface area contributed by atoms with E-state index in [4.69, 9.17) is 4.74 Å². The van der Waals surface area contributed by atoms with Crippen LogP contribution in [0.15, 0.2) is 0 Å². The fraction of sp³-hybridized carbons (Fsp3) is 0.885. The summed E-state index contributed by atoms with van der Waals surface area (Å²) in [7, 11) is -4.54. The summed E-state index contributed by atoms with van der Waals surface area (Å²) in [6, 6.07) is 0.490. The molecule has 0 radical (unpaired) electrons. The number of amides is 5. The molecule has 10 nitrogen and oxygen atoms in total. The predicted octanol–water partition coefficient (Wildman–Crippen LogP) is 3.56. The van der Waals surface area contributed by atoms with Gasteiger partial charge in [-0.2, -0.15) is 0 Å². The Morgan fingerprint density at radius 1 is 1.11 bits per heavy atom. The Labute approximate surface area is 229 Å². The zero-order chi connectivity index (χ0) is 28.2. The van der Waals surface area contributed by atoms with Crippen LogP contribution in [0.25, 0.3) is 0 Å². The standard InChI is InChI=1S/C26H48N4O6SSi/c1-6-7-14-27-23(32)28-21-8-10-25(2,11-9-21)19-30-24(33)29(20-36-15-18-38(3,4)5)22(31)26(30)12-16-37(34,35)17-13-26/h21H,6-20H2,1-5H3,(H2,27,28,32). The van der Waals surface area contributed by atoms with E-state index < -0.39 is 23.5 Å². The zero-order valence-corrected chi connectivity index (χ0v) is 25.8. The average Bonchev–Trinajstić information content (AvgIpc) is 3.01. The third kappa shape index (κ3) is 7.71. The van der Waals surface area contributed by atoms with Gasteiger partial charge in [0.1, 0.15) is 12.3 Å². The van der Waals surface area contributed by atoms with Gasteiger partial charge in [0, 0.05) is 33.8 Å². The average molecular weight is 573 g/mol. The van der Waals surface area contributed by atoms with Crippen molar-refractivity contribution in [1.82, 2.24) is 20.4 Å². The van der Waals surface area contributed by atoms with Gasteiger partial charge in [-0.3, -0.25) is 4.79 Å². The number of nitrogens with zero attached hydrogens (tertiary/aromatic N) is 2. The lowest BCUT2D eigenvalue weighted by molar-refractivity contribution is -0.137. The molecule has 0 aromatic heterocycles. The van der Waals surface area contributed by atoms with Gasteiger partial charge in [-0.15, -0.1) is 0 Å². The molecule has 2 N–H and O–H groups in total. The van der Waals surface area contributed by atoms with E-state index >= 15 is 0 Å². The van der Waals surface area contributed by atoms with Crippen molar-refractivity contribution >= 4 is 35.9 Å². The van der Waals surface area contributed by atoms with Crippen LogP contribution in [0.1, 0.15) is 65.2 Å². The van der Waals surface area contributed by atoms with E-state index in [2.05, 4.69) is 44.1 Å². The van der Waals surface area contributed by atoms with E-state index in [1.807, 2.05) is 0 Å². The first-order valence-electron chi connectivity index (χ1n) is 14.2. The fourth-order valence-corrected chi connectivity index (χ4v) is 7.88. The molecule has 2 saturated heterocycles. The molecule has 2 aliphatic heterocycles. The van der Waals surface area contributed by atoms with Crippen LogP contribution in [0, 0.1) is 5.41 Å². The van der Waals surface area contributed by atoms with Crippen molar-refractivity contribution in [3.05, 3.63) is 0 Å². The molecule has 5 amide bonds. The number of hydrogen-bond donors (Lipinski definition) is 2. The summed E-state index contributed by atoms with van der Waals surface area (Å²) in [5.41, 5.74) is -1.35. The summed E-state index contributed by atoms with van der Waals surface area (Å²) >= 11 is 0. The van der Waals surface area contributed by atoms with Crippen LogP contribution in [-0.4, -0.2) is 93.8 Å². The number of urea groups is 2. The van der Waals surface area contributed by atoms with Crippen molar-refractivity contribution in [1.29, 1.82) is 0 Å². The molecule has 1 spiro atoms. The van der Waals surface area contributed by atoms with E-state index in [-0.39, 0.29) is 60.5 Å². The van der Waals surface area contributed by atoms with Gasteiger partial charge in [-0.25, -0.2) is 22.9 Å². The molecule has 2 heterocycles. The first kappa shape index (κ1) is 30.9. The predicted molar refractivity (Wildman–Crippen MR) is 150 cm³/mol. The van der Waals surface area contributed by atoms with Crippen LogP contribution < -0.4 is 10.6 Å². The molecule has 3 aliphatic rings. The highest BCUT2D eigenvalue weighted by Gasteiger charge is 2.60. The Morgan fingerprint density at radius 2 is 1.74 bits per heavy atom. The van der Waals surface area contributed by atoms with Crippen LogP contribution in [0.2, 0.25) is 25.7 Å². The summed E-state index contributed by atoms with van der Waals surface area (Å²) in [6.45, 7) is 12.4. The molecule has 218 valence electrons. The first-order valence-corrected chi connectivity index (χ1v) is 19.7. The minimum absolute atomic E-state index is 0.0747. The number of hydrogen-bond acceptors (Lipinski definition) is 6. The summed E-state index contributed by atoms with van der Waals surface area (Å²) in [6.07, 6.45) is 5.40. The molecule has 0 aromatic carbocycles. The molecule has 0 atom stereocenters. The van der Waals surface area contributed by atoms with Crippen molar-refractivity contribution in [3.8, 4) is 0 Å². The Morgan fingerprint density at radius 3 is 2.32 bits per heavy atom. The molecule has 0 unspecified atom stereocenters. The van der Waals surface area contributed by atoms with E-state index in [1.54, 1.807) is 4.90 Å². The van der Waals surface area contributed by atoms with E-state index in [0.29, 0.717) is 19.7 Å². The van der Waals surface area contributed by atoms with E-state index in [9.17, 15) is 22.8 Å². The molecular formula is C26H48N4O6SSi. The highest BCUT2D eigenvalue weighted by Crippen LogP contribution is 2.44. The van der Waals surface area contributed by atoms with E-state index in [0.717, 1.165) is 44.6 Å². The molecule has 38 heavy (non-hydrogen) atoms. The van der Waals surface area contributed by atoms with Gasteiger partial charge in [0.25, 0.3) is 5.91 Å². The maximum Gasteiger partial charge on any atom is 0.329 e. The minimum atomic E-state index is -3.22. The number of carbonyl (C=O) groups excluding carboxylic acids is 3. The second kappa shape index (κ2) is 12.2. The number of unbranched alkanes of at least 4 members (excludes halogenated alkanes) is 1. The highest BCUT2D eigenvalue weighted by molar-refractivity contribution is 7.91. The number of nitrogens with one attached hydrogen (secondary N) is 2. The molecule has 1 aliphatic carbocycles. The summed E-state index contributed by atoms with van der Waals surface area (Å²) < 4.78 is 30.3. The Kier molecular flexibility index (Phi) is 9.95. The van der Waals surface area contributed by atoms with Gasteiger partial charge in [-0.05, 0) is 56.4 Å². The minimum Gasteiger partial charge on any atom is -0.361 e. The second-order valence-corrected chi connectivity index (χ2v) is 20.9. The molecule has 0 aromatic rings. The first-order chi connectivity index (χ1) is 17.7. The lowest BCUT2D eigenvalue weighted by Crippen LogP contribution is -2.57. The smallest absolute Gasteiger partial charge is 0.329 e. The number of sulfone groups is 1. The molecule has 3 fully saturated rings. The SMILES string of the molecule is CCCCNC(=O)NC1CCC(C)(CN2C(=O)N(COCC[Si](C)(C)C)C(=O)C23CCS(=O)(=O)CC3)CC1. The van der Waals surface area contributed by atoms with Crippen LogP contribution >= 0.6 is 0 Å². The van der Waals surface area contributed by atoms with Crippen LogP contribution in [0.3, 0.4) is 0 Å². The fourth-order valence-electron chi connectivity index (χ4n) is 5.62. The van der Waals surface area contributed by atoms with Crippen molar-refractivity contribution in [2.75, 3.05) is 37.9 Å². The quantitative estimate of drug-likeness (QED) is 0.222. The number of carbonyl (C=O) groups is 3. The van der Waals surface area contributed by atoms with Gasteiger partial charge >= 0.3 is 12.1 Å². The van der Waals surface area contributed by atoms with Crippen LogP contribution in [-0.2, 0) is 19.4 Å². The summed E-state index contributed by atoms with van der Waals surface area (Å²) in [5, 5.41) is 5.96. The van der Waals surface area contributed by atoms with Crippen LogP contribution in [0.5, 0.6) is 0 Å².